The van der Waals surface area contributed by atoms with Crippen LogP contribution in [-0.2, 0) is 19.6 Å². The summed E-state index contributed by atoms with van der Waals surface area (Å²) in [6.45, 7) is 0.0760. The number of aromatic nitrogens is 1. The first-order chi connectivity index (χ1) is 14.4. The van der Waals surface area contributed by atoms with Gasteiger partial charge < -0.3 is 10.1 Å². The predicted octanol–water partition coefficient (Wildman–Crippen LogP) is 2.13. The van der Waals surface area contributed by atoms with Crippen molar-refractivity contribution in [3.63, 3.8) is 0 Å². The van der Waals surface area contributed by atoms with E-state index in [9.17, 15) is 18.0 Å². The Morgan fingerprint density at radius 2 is 1.93 bits per heavy atom. The fourth-order valence-electron chi connectivity index (χ4n) is 2.80. The number of carbonyl (C=O) groups is 2. The molecule has 2 N–H and O–H groups in total. The molecule has 0 aliphatic carbocycles. The van der Waals surface area contributed by atoms with Crippen molar-refractivity contribution >= 4 is 33.4 Å². The summed E-state index contributed by atoms with van der Waals surface area (Å²) >= 11 is 0. The number of carbonyl (C=O) groups excluding carboxylic acids is 2. The Kier molecular flexibility index (Phi) is 7.12. The van der Waals surface area contributed by atoms with Crippen molar-refractivity contribution in [3.05, 3.63) is 54.4 Å². The average Bonchev–Trinajstić information content (AvgIpc) is 3.01. The molecule has 10 heteroatoms. The first-order valence-electron chi connectivity index (χ1n) is 9.48. The molecule has 0 atom stereocenters. The van der Waals surface area contributed by atoms with Gasteiger partial charge in [-0.1, -0.05) is 18.6 Å². The number of nitrogens with zero attached hydrogens (tertiary/aromatic N) is 2. The minimum absolute atomic E-state index is 0.00210. The van der Waals surface area contributed by atoms with Crippen LogP contribution < -0.4 is 10.0 Å². The van der Waals surface area contributed by atoms with E-state index < -0.39 is 28.5 Å². The summed E-state index contributed by atoms with van der Waals surface area (Å²) in [7, 11) is -3.82. The molecule has 2 heterocycles. The number of pyridine rings is 1. The van der Waals surface area contributed by atoms with Crippen LogP contribution in [0.2, 0.25) is 0 Å². The maximum absolute atomic E-state index is 12.6. The van der Waals surface area contributed by atoms with E-state index in [4.69, 9.17) is 4.74 Å². The van der Waals surface area contributed by atoms with E-state index in [0.717, 1.165) is 19.3 Å². The van der Waals surface area contributed by atoms with Crippen LogP contribution in [0.5, 0.6) is 0 Å². The minimum Gasteiger partial charge on any atom is -0.451 e. The van der Waals surface area contributed by atoms with E-state index in [1.54, 1.807) is 18.2 Å². The van der Waals surface area contributed by atoms with Gasteiger partial charge >= 0.3 is 5.97 Å². The van der Waals surface area contributed by atoms with Crippen molar-refractivity contribution in [3.8, 4) is 0 Å². The monoisotopic (exact) mass is 430 g/mol. The van der Waals surface area contributed by atoms with Crippen molar-refractivity contribution < 1.29 is 22.7 Å². The predicted molar refractivity (Wildman–Crippen MR) is 111 cm³/mol. The molecule has 9 nitrogen and oxygen atoms in total. The molecule has 0 fully saturated rings. The second-order valence-corrected chi connectivity index (χ2v) is 8.29. The van der Waals surface area contributed by atoms with Gasteiger partial charge in [-0.05, 0) is 43.2 Å². The Balaban J connectivity index is 1.59. The zero-order valence-electron chi connectivity index (χ0n) is 16.2. The number of nitrogens with one attached hydrogen (secondary N) is 2. The summed E-state index contributed by atoms with van der Waals surface area (Å²) in [5.41, 5.74) is 0.352. The summed E-state index contributed by atoms with van der Waals surface area (Å²) in [5, 5.41) is 2.52. The smallest absolute Gasteiger partial charge is 0.357 e. The maximum atomic E-state index is 12.6. The first-order valence-corrected chi connectivity index (χ1v) is 11.0. The number of benzene rings is 1. The largest absolute Gasteiger partial charge is 0.451 e. The molecule has 3 rings (SSSR count). The van der Waals surface area contributed by atoms with Gasteiger partial charge in [0.15, 0.2) is 6.61 Å². The lowest BCUT2D eigenvalue weighted by molar-refractivity contribution is -0.119. The van der Waals surface area contributed by atoms with Gasteiger partial charge in [0.2, 0.25) is 0 Å². The molecular weight excluding hydrogens is 408 g/mol. The van der Waals surface area contributed by atoms with E-state index >= 15 is 0 Å². The molecular formula is C20H22N4O5S. The van der Waals surface area contributed by atoms with Gasteiger partial charge in [0.05, 0.1) is 4.90 Å². The summed E-state index contributed by atoms with van der Waals surface area (Å²) in [4.78, 5) is 32.0. The van der Waals surface area contributed by atoms with Crippen LogP contribution in [0.15, 0.2) is 58.5 Å². The third kappa shape index (κ3) is 6.11. The van der Waals surface area contributed by atoms with Gasteiger partial charge in [-0.3, -0.25) is 14.5 Å². The standard InChI is InChI=1S/C20H22N4O5S/c25-19(14-29-20(26)17-9-3-5-11-21-17)23-15-7-6-8-16(13-15)30(27,28)24-18-10-2-1-4-12-22-18/h3,5-9,11,13H,1-2,4,10,12,14H2,(H,22,24)(H,23,25). The highest BCUT2D eigenvalue weighted by Gasteiger charge is 2.18. The Bertz CT molecular complexity index is 1040. The van der Waals surface area contributed by atoms with Crippen molar-refractivity contribution in [2.75, 3.05) is 18.5 Å². The fraction of sp³-hybridized carbons (Fsp3) is 0.300. The van der Waals surface area contributed by atoms with Crippen LogP contribution in [0.25, 0.3) is 0 Å². The number of hydrogen-bond donors (Lipinski definition) is 2. The van der Waals surface area contributed by atoms with Crippen molar-refractivity contribution in [2.24, 2.45) is 4.99 Å². The van der Waals surface area contributed by atoms with Crippen LogP contribution >= 0.6 is 0 Å². The van der Waals surface area contributed by atoms with Crippen molar-refractivity contribution in [1.29, 1.82) is 0 Å². The van der Waals surface area contributed by atoms with E-state index in [-0.39, 0.29) is 16.3 Å². The number of ether oxygens (including phenoxy) is 1. The average molecular weight is 430 g/mol. The molecule has 1 aliphatic rings. The topological polar surface area (TPSA) is 127 Å². The quantitative estimate of drug-likeness (QED) is 0.676. The van der Waals surface area contributed by atoms with Gasteiger partial charge in [-0.2, -0.15) is 0 Å². The normalized spacial score (nSPS) is 14.2. The van der Waals surface area contributed by atoms with Gasteiger partial charge in [0.25, 0.3) is 15.9 Å². The Labute approximate surface area is 174 Å². The molecule has 0 spiro atoms. The molecule has 1 aliphatic heterocycles. The number of rotatable bonds is 6. The number of sulfonamides is 1. The summed E-state index contributed by atoms with van der Waals surface area (Å²) in [6.07, 6.45) is 4.86. The lowest BCUT2D eigenvalue weighted by atomic mass is 10.2. The zero-order valence-corrected chi connectivity index (χ0v) is 17.0. The molecule has 0 radical (unpaired) electrons. The molecule has 2 aromatic rings. The second-order valence-electron chi connectivity index (χ2n) is 6.61. The van der Waals surface area contributed by atoms with Gasteiger partial charge in [-0.25, -0.2) is 18.2 Å². The molecule has 30 heavy (non-hydrogen) atoms. The second kappa shape index (κ2) is 9.97. The molecule has 1 aromatic carbocycles. The number of amidine groups is 1. The van der Waals surface area contributed by atoms with Crippen molar-refractivity contribution in [2.45, 2.75) is 30.6 Å². The Hall–Kier alpha value is -3.27. The summed E-state index contributed by atoms with van der Waals surface area (Å²) in [5.74, 6) is -0.881. The third-order valence-electron chi connectivity index (χ3n) is 4.26. The molecule has 0 unspecified atom stereocenters. The van der Waals surface area contributed by atoms with Crippen LogP contribution in [0.3, 0.4) is 0 Å². The van der Waals surface area contributed by atoms with Crippen LogP contribution in [0.4, 0.5) is 5.69 Å². The number of amides is 1. The number of aliphatic imine (C=N–C) groups is 1. The third-order valence-corrected chi connectivity index (χ3v) is 5.64. The molecule has 0 saturated carbocycles. The molecule has 158 valence electrons. The minimum atomic E-state index is -3.82. The maximum Gasteiger partial charge on any atom is 0.357 e. The lowest BCUT2D eigenvalue weighted by Gasteiger charge is -2.11. The van der Waals surface area contributed by atoms with E-state index in [1.807, 2.05) is 0 Å². The van der Waals surface area contributed by atoms with E-state index in [0.29, 0.717) is 18.8 Å². The van der Waals surface area contributed by atoms with Gasteiger partial charge in [0.1, 0.15) is 11.5 Å². The highest BCUT2D eigenvalue weighted by atomic mass is 32.2. The van der Waals surface area contributed by atoms with Gasteiger partial charge in [0, 0.05) is 24.8 Å². The fourth-order valence-corrected chi connectivity index (χ4v) is 3.93. The molecule has 1 amide bonds. The zero-order chi connectivity index (χ0) is 21.4. The first kappa shape index (κ1) is 21.4. The Morgan fingerprint density at radius 1 is 1.07 bits per heavy atom. The number of hydrogen-bond acceptors (Lipinski definition) is 7. The van der Waals surface area contributed by atoms with E-state index in [2.05, 4.69) is 20.0 Å². The van der Waals surface area contributed by atoms with Crippen LogP contribution in [0, 0.1) is 0 Å². The highest BCUT2D eigenvalue weighted by Crippen LogP contribution is 2.16. The van der Waals surface area contributed by atoms with Crippen LogP contribution in [0.1, 0.15) is 36.2 Å². The molecule has 1 aromatic heterocycles. The lowest BCUT2D eigenvalue weighted by Crippen LogP contribution is -2.30. The summed E-state index contributed by atoms with van der Waals surface area (Å²) < 4.78 is 32.7. The van der Waals surface area contributed by atoms with Gasteiger partial charge in [-0.15, -0.1) is 0 Å². The number of anilines is 1. The highest BCUT2D eigenvalue weighted by molar-refractivity contribution is 7.90. The SMILES string of the molecule is O=C(COC(=O)c1ccccn1)Nc1cccc(S(=O)(=O)NC2=NCCCCC2)c1. The number of esters is 1. The Morgan fingerprint density at radius 3 is 2.73 bits per heavy atom. The molecule has 0 saturated heterocycles. The summed E-state index contributed by atoms with van der Waals surface area (Å²) in [6, 6.07) is 10.6. The molecule has 0 bridgehead atoms. The van der Waals surface area contributed by atoms with Crippen molar-refractivity contribution in [1.82, 2.24) is 9.71 Å². The van der Waals surface area contributed by atoms with Crippen LogP contribution in [-0.4, -0.2) is 44.3 Å². The van der Waals surface area contributed by atoms with E-state index in [1.165, 1.54) is 30.5 Å².